The van der Waals surface area contributed by atoms with Crippen molar-refractivity contribution in [2.75, 3.05) is 13.2 Å². The van der Waals surface area contributed by atoms with Crippen LogP contribution < -0.4 is 11.1 Å². The van der Waals surface area contributed by atoms with Gasteiger partial charge in [0.25, 0.3) is 5.91 Å². The summed E-state index contributed by atoms with van der Waals surface area (Å²) in [6.45, 7) is 1.57. The minimum absolute atomic E-state index is 0.137. The molecule has 1 fully saturated rings. The predicted molar refractivity (Wildman–Crippen MR) is 64.5 cm³/mol. The van der Waals surface area contributed by atoms with Gasteiger partial charge in [-0.3, -0.25) is 9.63 Å². The van der Waals surface area contributed by atoms with E-state index in [-0.39, 0.29) is 5.91 Å². The molecule has 1 aromatic carbocycles. The topological polar surface area (TPSA) is 84.7 Å². The molecule has 0 bridgehead atoms. The van der Waals surface area contributed by atoms with Gasteiger partial charge in [-0.2, -0.15) is 0 Å². The third-order valence-electron chi connectivity index (χ3n) is 2.65. The van der Waals surface area contributed by atoms with Crippen molar-refractivity contribution >= 4 is 11.9 Å². The van der Waals surface area contributed by atoms with Gasteiger partial charge in [0.2, 0.25) is 0 Å². The molecule has 1 saturated heterocycles. The number of nitrogens with two attached hydrogens (primary N) is 1. The summed E-state index contributed by atoms with van der Waals surface area (Å²) in [6, 6.07) is 6.41. The fraction of sp³-hybridized carbons (Fsp3) is 0.333. The molecule has 18 heavy (non-hydrogen) atoms. The zero-order valence-electron chi connectivity index (χ0n) is 9.89. The molecule has 1 aliphatic rings. The molecule has 0 aliphatic carbocycles. The zero-order valence-corrected chi connectivity index (χ0v) is 9.89. The average Bonchev–Trinajstić information content (AvgIpc) is 2.90. The molecule has 3 amide bonds. The van der Waals surface area contributed by atoms with Crippen LogP contribution in [0.2, 0.25) is 0 Å². The van der Waals surface area contributed by atoms with E-state index in [9.17, 15) is 9.59 Å². The predicted octanol–water partition coefficient (Wildman–Crippen LogP) is 0.632. The van der Waals surface area contributed by atoms with Crippen LogP contribution >= 0.6 is 0 Å². The summed E-state index contributed by atoms with van der Waals surface area (Å²) >= 11 is 0. The average molecular weight is 249 g/mol. The Kier molecular flexibility index (Phi) is 3.78. The van der Waals surface area contributed by atoms with Crippen molar-refractivity contribution in [1.82, 2.24) is 10.4 Å². The maximum Gasteiger partial charge on any atom is 0.312 e. The Labute approximate surface area is 105 Å². The monoisotopic (exact) mass is 249 g/mol. The van der Waals surface area contributed by atoms with E-state index in [1.165, 1.54) is 5.06 Å². The van der Waals surface area contributed by atoms with Gasteiger partial charge in [0, 0.05) is 12.1 Å². The maximum atomic E-state index is 11.9. The van der Waals surface area contributed by atoms with Crippen LogP contribution in [-0.2, 0) is 11.4 Å². The minimum atomic E-state index is -0.569. The van der Waals surface area contributed by atoms with E-state index < -0.39 is 6.03 Å². The number of amides is 3. The molecule has 6 nitrogen and oxygen atoms in total. The zero-order chi connectivity index (χ0) is 13.0. The summed E-state index contributed by atoms with van der Waals surface area (Å²) in [4.78, 5) is 27.7. The Morgan fingerprint density at radius 1 is 1.33 bits per heavy atom. The number of hydrogen-bond acceptors (Lipinski definition) is 3. The number of nitrogens with one attached hydrogen (secondary N) is 1. The number of benzene rings is 1. The number of nitrogens with zero attached hydrogens (tertiary/aromatic N) is 1. The number of hydroxylamine groups is 2. The van der Waals surface area contributed by atoms with Crippen molar-refractivity contribution < 1.29 is 14.4 Å². The highest BCUT2D eigenvalue weighted by atomic mass is 16.7. The fourth-order valence-electron chi connectivity index (χ4n) is 1.71. The quantitative estimate of drug-likeness (QED) is 0.824. The van der Waals surface area contributed by atoms with E-state index in [0.29, 0.717) is 25.3 Å². The first-order valence-electron chi connectivity index (χ1n) is 5.74. The summed E-state index contributed by atoms with van der Waals surface area (Å²) < 4.78 is 0. The van der Waals surface area contributed by atoms with Gasteiger partial charge in [0.1, 0.15) is 0 Å². The molecule has 2 rings (SSSR count). The van der Waals surface area contributed by atoms with Gasteiger partial charge < -0.3 is 11.1 Å². The first-order chi connectivity index (χ1) is 8.66. The van der Waals surface area contributed by atoms with Crippen LogP contribution in [0.5, 0.6) is 0 Å². The molecule has 0 atom stereocenters. The lowest BCUT2D eigenvalue weighted by Crippen LogP contribution is -2.28. The molecular weight excluding hydrogens is 234 g/mol. The van der Waals surface area contributed by atoms with Crippen LogP contribution in [-0.4, -0.2) is 30.2 Å². The number of primary amides is 1. The molecule has 0 radical (unpaired) electrons. The molecule has 1 heterocycles. The molecule has 6 heteroatoms. The summed E-state index contributed by atoms with van der Waals surface area (Å²) in [7, 11) is 0. The lowest BCUT2D eigenvalue weighted by molar-refractivity contribution is -0.0768. The van der Waals surface area contributed by atoms with Gasteiger partial charge in [-0.05, 0) is 24.1 Å². The lowest BCUT2D eigenvalue weighted by atomic mass is 10.1. The van der Waals surface area contributed by atoms with Crippen LogP contribution in [0.15, 0.2) is 24.3 Å². The second-order valence-corrected chi connectivity index (χ2v) is 4.01. The highest BCUT2D eigenvalue weighted by Crippen LogP contribution is 2.12. The summed E-state index contributed by atoms with van der Waals surface area (Å²) in [5.74, 6) is -0.137. The summed E-state index contributed by atoms with van der Waals surface area (Å²) in [6.07, 6.45) is 0.867. The molecule has 1 aliphatic heterocycles. The Balaban J connectivity index is 1.98. The van der Waals surface area contributed by atoms with E-state index in [1.54, 1.807) is 24.3 Å². The van der Waals surface area contributed by atoms with Gasteiger partial charge in [-0.25, -0.2) is 9.86 Å². The molecule has 1 aromatic rings. The van der Waals surface area contributed by atoms with Crippen molar-refractivity contribution in [2.45, 2.75) is 13.0 Å². The molecule has 0 unspecified atom stereocenters. The van der Waals surface area contributed by atoms with E-state index in [1.807, 2.05) is 0 Å². The fourth-order valence-corrected chi connectivity index (χ4v) is 1.71. The number of urea groups is 1. The van der Waals surface area contributed by atoms with E-state index in [0.717, 1.165) is 12.0 Å². The highest BCUT2D eigenvalue weighted by Gasteiger charge is 2.20. The standard InChI is InChI=1S/C12H15N3O3/c13-12(17)14-8-9-2-4-10(5-3-9)11(16)15-6-1-7-18-15/h2-5H,1,6-8H2,(H3,13,14,17). The molecule has 3 N–H and O–H groups in total. The van der Waals surface area contributed by atoms with Crippen molar-refractivity contribution in [3.8, 4) is 0 Å². The van der Waals surface area contributed by atoms with E-state index in [2.05, 4.69) is 5.32 Å². The Morgan fingerprint density at radius 2 is 2.06 bits per heavy atom. The molecule has 0 saturated carbocycles. The van der Waals surface area contributed by atoms with Crippen molar-refractivity contribution in [1.29, 1.82) is 0 Å². The van der Waals surface area contributed by atoms with Crippen molar-refractivity contribution in [3.05, 3.63) is 35.4 Å². The van der Waals surface area contributed by atoms with E-state index in [4.69, 9.17) is 10.6 Å². The third-order valence-corrected chi connectivity index (χ3v) is 2.65. The lowest BCUT2D eigenvalue weighted by Gasteiger charge is -2.13. The van der Waals surface area contributed by atoms with Crippen LogP contribution in [0.25, 0.3) is 0 Å². The maximum absolute atomic E-state index is 11.9. The van der Waals surface area contributed by atoms with Gasteiger partial charge in [0.05, 0.1) is 13.2 Å². The molecule has 0 aromatic heterocycles. The van der Waals surface area contributed by atoms with Gasteiger partial charge in [-0.15, -0.1) is 0 Å². The summed E-state index contributed by atoms with van der Waals surface area (Å²) in [5.41, 5.74) is 6.43. The normalized spacial score (nSPS) is 14.6. The van der Waals surface area contributed by atoms with Crippen LogP contribution in [0.1, 0.15) is 22.3 Å². The molecule has 96 valence electrons. The number of hydrogen-bond donors (Lipinski definition) is 2. The minimum Gasteiger partial charge on any atom is -0.352 e. The smallest absolute Gasteiger partial charge is 0.312 e. The van der Waals surface area contributed by atoms with Crippen LogP contribution in [0.3, 0.4) is 0 Å². The highest BCUT2D eigenvalue weighted by molar-refractivity contribution is 5.93. The third kappa shape index (κ3) is 2.98. The SMILES string of the molecule is NC(=O)NCc1ccc(C(=O)N2CCCO2)cc1. The van der Waals surface area contributed by atoms with Gasteiger partial charge in [0.15, 0.2) is 0 Å². The number of carbonyl (C=O) groups is 2. The van der Waals surface area contributed by atoms with Crippen LogP contribution in [0, 0.1) is 0 Å². The van der Waals surface area contributed by atoms with Crippen molar-refractivity contribution in [2.24, 2.45) is 5.73 Å². The molecular formula is C12H15N3O3. The Bertz CT molecular complexity index is 438. The second kappa shape index (κ2) is 5.50. The van der Waals surface area contributed by atoms with Gasteiger partial charge in [-0.1, -0.05) is 12.1 Å². The van der Waals surface area contributed by atoms with E-state index >= 15 is 0 Å². The number of carbonyl (C=O) groups excluding carboxylic acids is 2. The first-order valence-corrected chi connectivity index (χ1v) is 5.74. The Morgan fingerprint density at radius 3 is 2.61 bits per heavy atom. The van der Waals surface area contributed by atoms with Crippen LogP contribution in [0.4, 0.5) is 4.79 Å². The summed E-state index contributed by atoms with van der Waals surface area (Å²) in [5, 5.41) is 3.86. The second-order valence-electron chi connectivity index (χ2n) is 4.01. The van der Waals surface area contributed by atoms with Gasteiger partial charge >= 0.3 is 6.03 Å². The number of rotatable bonds is 3. The van der Waals surface area contributed by atoms with Crippen molar-refractivity contribution in [3.63, 3.8) is 0 Å². The molecule has 0 spiro atoms. The Hall–Kier alpha value is -2.08. The first kappa shape index (κ1) is 12.4. The largest absolute Gasteiger partial charge is 0.352 e.